The molecule has 10 heteroatoms. The predicted octanol–water partition coefficient (Wildman–Crippen LogP) is 2.33. The van der Waals surface area contributed by atoms with E-state index in [1.807, 2.05) is 0 Å². The van der Waals surface area contributed by atoms with E-state index in [0.29, 0.717) is 15.5 Å². The standard InChI is InChI=1S/C17H17ClN2O5S2/c1-25-17(22)13-4-2-12(3-5-13)16(21)19-8-10-20(11-9-19)27(23,24)15-7-6-14(18)26-15/h2-7H,8-11H2,1H3. The van der Waals surface area contributed by atoms with E-state index in [9.17, 15) is 18.0 Å². The van der Waals surface area contributed by atoms with Crippen molar-refractivity contribution in [1.82, 2.24) is 9.21 Å². The van der Waals surface area contributed by atoms with Crippen LogP contribution in [-0.4, -0.2) is 62.8 Å². The summed E-state index contributed by atoms with van der Waals surface area (Å²) < 4.78 is 31.8. The van der Waals surface area contributed by atoms with Gasteiger partial charge in [-0.2, -0.15) is 4.31 Å². The van der Waals surface area contributed by atoms with Crippen LogP contribution in [0, 0.1) is 0 Å². The number of carbonyl (C=O) groups excluding carboxylic acids is 2. The van der Waals surface area contributed by atoms with Gasteiger partial charge in [-0.05, 0) is 36.4 Å². The Balaban J connectivity index is 1.65. The molecule has 3 rings (SSSR count). The van der Waals surface area contributed by atoms with Crippen molar-refractivity contribution in [3.05, 3.63) is 51.9 Å². The molecule has 27 heavy (non-hydrogen) atoms. The van der Waals surface area contributed by atoms with E-state index in [4.69, 9.17) is 11.6 Å². The molecule has 0 spiro atoms. The van der Waals surface area contributed by atoms with Crippen LogP contribution in [0.3, 0.4) is 0 Å². The molecule has 0 aliphatic carbocycles. The number of thiophene rings is 1. The van der Waals surface area contributed by atoms with Crippen LogP contribution in [0.15, 0.2) is 40.6 Å². The first-order valence-corrected chi connectivity index (χ1v) is 10.7. The Kier molecular flexibility index (Phi) is 5.85. The lowest BCUT2D eigenvalue weighted by Crippen LogP contribution is -2.50. The quantitative estimate of drug-likeness (QED) is 0.698. The van der Waals surface area contributed by atoms with E-state index >= 15 is 0 Å². The summed E-state index contributed by atoms with van der Waals surface area (Å²) in [6.45, 7) is 1.000. The molecular weight excluding hydrogens is 412 g/mol. The van der Waals surface area contributed by atoms with E-state index < -0.39 is 16.0 Å². The number of methoxy groups -OCH3 is 1. The number of nitrogens with zero attached hydrogens (tertiary/aromatic N) is 2. The van der Waals surface area contributed by atoms with Crippen LogP contribution in [-0.2, 0) is 14.8 Å². The fourth-order valence-corrected chi connectivity index (χ4v) is 5.80. The highest BCUT2D eigenvalue weighted by Crippen LogP contribution is 2.28. The minimum absolute atomic E-state index is 0.200. The SMILES string of the molecule is COC(=O)c1ccc(C(=O)N2CCN(S(=O)(=O)c3ccc(Cl)s3)CC2)cc1. The van der Waals surface area contributed by atoms with E-state index in [0.717, 1.165) is 11.3 Å². The van der Waals surface area contributed by atoms with Crippen LogP contribution in [0.2, 0.25) is 4.34 Å². The summed E-state index contributed by atoms with van der Waals surface area (Å²) >= 11 is 6.85. The van der Waals surface area contributed by atoms with Gasteiger partial charge in [0.15, 0.2) is 0 Å². The number of hydrogen-bond acceptors (Lipinski definition) is 6. The Bertz CT molecular complexity index is 948. The Morgan fingerprint density at radius 2 is 1.59 bits per heavy atom. The molecule has 7 nitrogen and oxygen atoms in total. The molecule has 1 saturated heterocycles. The molecule has 0 bridgehead atoms. The Morgan fingerprint density at radius 1 is 1.00 bits per heavy atom. The van der Waals surface area contributed by atoms with Gasteiger partial charge in [0, 0.05) is 31.7 Å². The minimum atomic E-state index is -3.59. The molecule has 0 atom stereocenters. The number of amides is 1. The second kappa shape index (κ2) is 7.97. The Hall–Kier alpha value is -1.94. The Labute approximate surface area is 166 Å². The number of sulfonamides is 1. The maximum absolute atomic E-state index is 12.6. The van der Waals surface area contributed by atoms with Crippen molar-refractivity contribution in [1.29, 1.82) is 0 Å². The monoisotopic (exact) mass is 428 g/mol. The molecule has 1 aromatic carbocycles. The molecule has 0 radical (unpaired) electrons. The maximum atomic E-state index is 12.6. The number of rotatable bonds is 4. The minimum Gasteiger partial charge on any atom is -0.465 e. The van der Waals surface area contributed by atoms with Crippen LogP contribution in [0.1, 0.15) is 20.7 Å². The van der Waals surface area contributed by atoms with Crippen molar-refractivity contribution >= 4 is 44.8 Å². The van der Waals surface area contributed by atoms with Gasteiger partial charge in [0.05, 0.1) is 17.0 Å². The molecule has 2 heterocycles. The smallest absolute Gasteiger partial charge is 0.337 e. The van der Waals surface area contributed by atoms with Gasteiger partial charge in [-0.25, -0.2) is 13.2 Å². The summed E-state index contributed by atoms with van der Waals surface area (Å²) in [5.74, 6) is -0.677. The van der Waals surface area contributed by atoms with Crippen molar-refractivity contribution in [2.45, 2.75) is 4.21 Å². The van der Waals surface area contributed by atoms with Crippen molar-refractivity contribution in [2.24, 2.45) is 0 Å². The average molecular weight is 429 g/mol. The zero-order chi connectivity index (χ0) is 19.6. The van der Waals surface area contributed by atoms with Crippen LogP contribution >= 0.6 is 22.9 Å². The molecule has 0 unspecified atom stereocenters. The van der Waals surface area contributed by atoms with E-state index in [1.165, 1.54) is 29.6 Å². The summed E-state index contributed by atoms with van der Waals surface area (Å²) in [4.78, 5) is 25.7. The van der Waals surface area contributed by atoms with Crippen LogP contribution in [0.4, 0.5) is 0 Å². The van der Waals surface area contributed by atoms with E-state index in [2.05, 4.69) is 4.74 Å². The average Bonchev–Trinajstić information content (AvgIpc) is 3.14. The van der Waals surface area contributed by atoms with Gasteiger partial charge in [-0.1, -0.05) is 11.6 Å². The summed E-state index contributed by atoms with van der Waals surface area (Å²) in [6.07, 6.45) is 0. The predicted molar refractivity (Wildman–Crippen MR) is 102 cm³/mol. The number of benzene rings is 1. The van der Waals surface area contributed by atoms with E-state index in [-0.39, 0.29) is 36.3 Å². The highest BCUT2D eigenvalue weighted by atomic mass is 35.5. The number of esters is 1. The maximum Gasteiger partial charge on any atom is 0.337 e. The van der Waals surface area contributed by atoms with Crippen molar-refractivity contribution in [2.75, 3.05) is 33.3 Å². The van der Waals surface area contributed by atoms with Gasteiger partial charge in [-0.3, -0.25) is 4.79 Å². The first kappa shape index (κ1) is 19.8. The summed E-state index contributed by atoms with van der Waals surface area (Å²) in [7, 11) is -2.30. The largest absolute Gasteiger partial charge is 0.465 e. The fraction of sp³-hybridized carbons (Fsp3) is 0.294. The van der Waals surface area contributed by atoms with Gasteiger partial charge in [0.25, 0.3) is 15.9 Å². The summed E-state index contributed by atoms with van der Waals surface area (Å²) in [5, 5.41) is 0. The molecule has 144 valence electrons. The molecule has 2 aromatic rings. The Morgan fingerprint density at radius 3 is 2.11 bits per heavy atom. The van der Waals surface area contributed by atoms with Gasteiger partial charge < -0.3 is 9.64 Å². The topological polar surface area (TPSA) is 84.0 Å². The second-order valence-electron chi connectivity index (χ2n) is 5.82. The van der Waals surface area contributed by atoms with Gasteiger partial charge in [-0.15, -0.1) is 11.3 Å². The number of hydrogen-bond donors (Lipinski definition) is 0. The van der Waals surface area contributed by atoms with Gasteiger partial charge >= 0.3 is 5.97 Å². The molecule has 1 amide bonds. The third-order valence-corrected chi connectivity index (χ3v) is 7.82. The molecule has 1 fully saturated rings. The second-order valence-corrected chi connectivity index (χ2v) is 9.70. The van der Waals surface area contributed by atoms with E-state index in [1.54, 1.807) is 23.1 Å². The molecule has 1 aliphatic heterocycles. The number of ether oxygens (including phenoxy) is 1. The lowest BCUT2D eigenvalue weighted by atomic mass is 10.1. The lowest BCUT2D eigenvalue weighted by molar-refractivity contribution is 0.0599. The first-order chi connectivity index (χ1) is 12.8. The highest BCUT2D eigenvalue weighted by molar-refractivity contribution is 7.91. The summed E-state index contributed by atoms with van der Waals surface area (Å²) in [5.41, 5.74) is 0.795. The molecule has 0 saturated carbocycles. The first-order valence-electron chi connectivity index (χ1n) is 8.06. The number of carbonyl (C=O) groups is 2. The zero-order valence-electron chi connectivity index (χ0n) is 14.4. The third kappa shape index (κ3) is 4.16. The van der Waals surface area contributed by atoms with Crippen LogP contribution in [0.25, 0.3) is 0 Å². The third-order valence-electron chi connectivity index (χ3n) is 4.22. The number of piperazine rings is 1. The van der Waals surface area contributed by atoms with Crippen LogP contribution in [0.5, 0.6) is 0 Å². The lowest BCUT2D eigenvalue weighted by Gasteiger charge is -2.33. The molecule has 0 N–H and O–H groups in total. The molecule has 1 aliphatic rings. The van der Waals surface area contributed by atoms with Crippen molar-refractivity contribution in [3.63, 3.8) is 0 Å². The normalized spacial score (nSPS) is 15.6. The fourth-order valence-electron chi connectivity index (χ4n) is 2.74. The van der Waals surface area contributed by atoms with Crippen molar-refractivity contribution in [3.8, 4) is 0 Å². The summed E-state index contributed by atoms with van der Waals surface area (Å²) in [6, 6.07) is 9.22. The van der Waals surface area contributed by atoms with Gasteiger partial charge in [0.1, 0.15) is 4.21 Å². The van der Waals surface area contributed by atoms with Crippen molar-refractivity contribution < 1.29 is 22.7 Å². The molecule has 1 aromatic heterocycles. The molecular formula is C17H17ClN2O5S2. The van der Waals surface area contributed by atoms with Gasteiger partial charge in [0.2, 0.25) is 0 Å². The van der Waals surface area contributed by atoms with Crippen LogP contribution < -0.4 is 0 Å². The number of halogens is 1. The zero-order valence-corrected chi connectivity index (χ0v) is 16.8. The highest BCUT2D eigenvalue weighted by Gasteiger charge is 2.31.